The fraction of sp³-hybridized carbons (Fsp3) is 1.00. The molecule has 0 aromatic heterocycles. The summed E-state index contributed by atoms with van der Waals surface area (Å²) in [5.41, 5.74) is 7.32. The first-order chi connectivity index (χ1) is 12.2. The van der Waals surface area contributed by atoms with Gasteiger partial charge in [0.25, 0.3) is 0 Å². The van der Waals surface area contributed by atoms with Gasteiger partial charge in [-0.3, -0.25) is 0 Å². The Morgan fingerprint density at radius 3 is 1.68 bits per heavy atom. The third kappa shape index (κ3) is 5.24. The molecular formula is C24H45N. The first-order valence-electron chi connectivity index (χ1n) is 12.0. The van der Waals surface area contributed by atoms with E-state index in [2.05, 4.69) is 6.92 Å². The van der Waals surface area contributed by atoms with Gasteiger partial charge in [-0.15, -0.1) is 0 Å². The Labute approximate surface area is 157 Å². The first kappa shape index (κ1) is 19.7. The Balaban J connectivity index is 1.20. The lowest BCUT2D eigenvalue weighted by Gasteiger charge is -2.60. The van der Waals surface area contributed by atoms with Crippen LogP contribution in [0.5, 0.6) is 0 Å². The van der Waals surface area contributed by atoms with Crippen LogP contribution >= 0.6 is 0 Å². The standard InChI is InChI=1S/C24H45N/c1-2-3-4-5-6-7-8-9-10-11-12-13-14-24-18-20-15-21(19-24)17-22(16-20)23(24)25/h20-23H,2-19,25H2,1H3/t20-,21+,22?,23?,24?. The lowest BCUT2D eigenvalue weighted by molar-refractivity contribution is -0.0773. The van der Waals surface area contributed by atoms with E-state index < -0.39 is 0 Å². The van der Waals surface area contributed by atoms with Crippen molar-refractivity contribution in [3.8, 4) is 0 Å². The summed E-state index contributed by atoms with van der Waals surface area (Å²) in [6.45, 7) is 2.30. The predicted octanol–water partition coefficient (Wildman–Crippen LogP) is 7.23. The van der Waals surface area contributed by atoms with E-state index in [4.69, 9.17) is 5.73 Å². The zero-order valence-electron chi connectivity index (χ0n) is 17.1. The second-order valence-corrected chi connectivity index (χ2v) is 10.1. The average molecular weight is 348 g/mol. The van der Waals surface area contributed by atoms with Crippen molar-refractivity contribution in [2.75, 3.05) is 0 Å². The van der Waals surface area contributed by atoms with Crippen molar-refractivity contribution in [3.63, 3.8) is 0 Å². The van der Waals surface area contributed by atoms with Gasteiger partial charge in [-0.1, -0.05) is 84.0 Å². The molecule has 5 atom stereocenters. The van der Waals surface area contributed by atoms with Gasteiger partial charge in [0.2, 0.25) is 0 Å². The van der Waals surface area contributed by atoms with E-state index in [-0.39, 0.29) is 0 Å². The molecule has 1 nitrogen and oxygen atoms in total. The number of unbranched alkanes of at least 4 members (excludes halogenated alkanes) is 11. The number of hydrogen-bond donors (Lipinski definition) is 1. The lowest BCUT2D eigenvalue weighted by Crippen LogP contribution is -2.59. The summed E-state index contributed by atoms with van der Waals surface area (Å²) in [7, 11) is 0. The monoisotopic (exact) mass is 347 g/mol. The van der Waals surface area contributed by atoms with Crippen LogP contribution in [0.2, 0.25) is 0 Å². The molecular weight excluding hydrogens is 302 g/mol. The molecule has 2 N–H and O–H groups in total. The van der Waals surface area contributed by atoms with Crippen LogP contribution in [0.4, 0.5) is 0 Å². The fourth-order valence-electron chi connectivity index (χ4n) is 6.94. The molecule has 4 saturated carbocycles. The summed E-state index contributed by atoms with van der Waals surface area (Å²) in [6, 6.07) is 0.549. The van der Waals surface area contributed by atoms with E-state index in [1.807, 2.05) is 0 Å². The number of nitrogens with two attached hydrogens (primary N) is 1. The molecule has 0 spiro atoms. The summed E-state index contributed by atoms with van der Waals surface area (Å²) in [5.74, 6) is 2.99. The van der Waals surface area contributed by atoms with Gasteiger partial charge in [-0.25, -0.2) is 0 Å². The van der Waals surface area contributed by atoms with Gasteiger partial charge < -0.3 is 5.73 Å². The quantitative estimate of drug-likeness (QED) is 0.349. The highest BCUT2D eigenvalue weighted by atomic mass is 14.8. The van der Waals surface area contributed by atoms with E-state index in [0.717, 1.165) is 17.8 Å². The maximum absolute atomic E-state index is 6.74. The molecule has 0 aromatic rings. The van der Waals surface area contributed by atoms with Crippen LogP contribution in [-0.2, 0) is 0 Å². The van der Waals surface area contributed by atoms with Gasteiger partial charge in [0, 0.05) is 6.04 Å². The van der Waals surface area contributed by atoms with Crippen LogP contribution in [0.1, 0.15) is 122 Å². The molecule has 25 heavy (non-hydrogen) atoms. The van der Waals surface area contributed by atoms with E-state index in [1.165, 1.54) is 109 Å². The zero-order valence-corrected chi connectivity index (χ0v) is 17.1. The van der Waals surface area contributed by atoms with Gasteiger partial charge in [-0.2, -0.15) is 0 Å². The fourth-order valence-corrected chi connectivity index (χ4v) is 6.94. The highest BCUT2D eigenvalue weighted by molar-refractivity contribution is 5.08. The van der Waals surface area contributed by atoms with Gasteiger partial charge in [0.15, 0.2) is 0 Å². The molecule has 0 heterocycles. The van der Waals surface area contributed by atoms with Gasteiger partial charge in [0.1, 0.15) is 0 Å². The molecule has 1 heteroatoms. The third-order valence-electron chi connectivity index (χ3n) is 8.07. The minimum atomic E-state index is 0.549. The lowest BCUT2D eigenvalue weighted by atomic mass is 9.46. The van der Waals surface area contributed by atoms with Crippen LogP contribution in [0, 0.1) is 23.2 Å². The van der Waals surface area contributed by atoms with Crippen LogP contribution in [0.3, 0.4) is 0 Å². The maximum Gasteiger partial charge on any atom is 0.0124 e. The molecule has 4 bridgehead atoms. The van der Waals surface area contributed by atoms with Crippen molar-refractivity contribution in [2.45, 2.75) is 129 Å². The predicted molar refractivity (Wildman–Crippen MR) is 110 cm³/mol. The smallest absolute Gasteiger partial charge is 0.0124 e. The van der Waals surface area contributed by atoms with Crippen molar-refractivity contribution < 1.29 is 0 Å². The van der Waals surface area contributed by atoms with E-state index >= 15 is 0 Å². The van der Waals surface area contributed by atoms with Crippen LogP contribution < -0.4 is 5.73 Å². The molecule has 4 fully saturated rings. The molecule has 0 aliphatic heterocycles. The van der Waals surface area contributed by atoms with Crippen molar-refractivity contribution >= 4 is 0 Å². The van der Waals surface area contributed by atoms with E-state index in [9.17, 15) is 0 Å². The topological polar surface area (TPSA) is 26.0 Å². The second-order valence-electron chi connectivity index (χ2n) is 10.1. The molecule has 4 aliphatic carbocycles. The van der Waals surface area contributed by atoms with Crippen molar-refractivity contribution in [2.24, 2.45) is 28.9 Å². The van der Waals surface area contributed by atoms with Crippen LogP contribution in [0.15, 0.2) is 0 Å². The zero-order chi connectivity index (χ0) is 17.5. The molecule has 0 radical (unpaired) electrons. The minimum Gasteiger partial charge on any atom is -0.327 e. The maximum atomic E-state index is 6.74. The van der Waals surface area contributed by atoms with Crippen molar-refractivity contribution in [1.82, 2.24) is 0 Å². The third-order valence-corrected chi connectivity index (χ3v) is 8.07. The second kappa shape index (κ2) is 9.77. The van der Waals surface area contributed by atoms with Gasteiger partial charge in [-0.05, 0) is 61.7 Å². The van der Waals surface area contributed by atoms with Crippen LogP contribution in [-0.4, -0.2) is 6.04 Å². The van der Waals surface area contributed by atoms with Crippen LogP contribution in [0.25, 0.3) is 0 Å². The molecule has 0 amide bonds. The first-order valence-corrected chi connectivity index (χ1v) is 12.0. The Morgan fingerprint density at radius 1 is 0.680 bits per heavy atom. The molecule has 3 unspecified atom stereocenters. The molecule has 4 rings (SSSR count). The summed E-state index contributed by atoms with van der Waals surface area (Å²) < 4.78 is 0. The molecule has 4 aliphatic rings. The largest absolute Gasteiger partial charge is 0.327 e. The highest BCUT2D eigenvalue weighted by Gasteiger charge is 2.54. The Bertz CT molecular complexity index is 362. The summed E-state index contributed by atoms with van der Waals surface area (Å²) in [5, 5.41) is 0. The SMILES string of the molecule is CCCCCCCCCCCCCCC12C[C@@H]3CC(C[C@@H](C3)C1)C2N. The van der Waals surface area contributed by atoms with E-state index in [0.29, 0.717) is 11.5 Å². The Hall–Kier alpha value is -0.0400. The average Bonchev–Trinajstić information content (AvgIpc) is 2.60. The van der Waals surface area contributed by atoms with Crippen molar-refractivity contribution in [3.05, 3.63) is 0 Å². The summed E-state index contributed by atoms with van der Waals surface area (Å²) >= 11 is 0. The minimum absolute atomic E-state index is 0.549. The summed E-state index contributed by atoms with van der Waals surface area (Å²) in [4.78, 5) is 0. The Morgan fingerprint density at radius 2 is 1.16 bits per heavy atom. The highest BCUT2D eigenvalue weighted by Crippen LogP contribution is 2.61. The normalized spacial score (nSPS) is 36.2. The Kier molecular flexibility index (Phi) is 7.70. The molecule has 0 aromatic carbocycles. The number of hydrogen-bond acceptors (Lipinski definition) is 1. The van der Waals surface area contributed by atoms with Crippen molar-refractivity contribution in [1.29, 1.82) is 0 Å². The summed E-state index contributed by atoms with van der Waals surface area (Å²) in [6.07, 6.45) is 26.4. The molecule has 0 saturated heterocycles. The van der Waals surface area contributed by atoms with Gasteiger partial charge in [0.05, 0.1) is 0 Å². The molecule has 146 valence electrons. The van der Waals surface area contributed by atoms with E-state index in [1.54, 1.807) is 6.42 Å². The number of rotatable bonds is 13. The van der Waals surface area contributed by atoms with Gasteiger partial charge >= 0.3 is 0 Å².